The number of alkyl carbamates (subject to hydrolysis) is 1. The molecule has 3 atom stereocenters. The molecule has 2 fully saturated rings. The molecule has 0 aliphatic carbocycles. The Balaban J connectivity index is 0.841. The van der Waals surface area contributed by atoms with Crippen LogP contribution < -0.4 is 25.2 Å². The molecule has 2 saturated heterocycles. The number of hydrogen-bond donors (Lipinski definition) is 3. The molecule has 378 valence electrons. The van der Waals surface area contributed by atoms with E-state index < -0.39 is 70.3 Å². The summed E-state index contributed by atoms with van der Waals surface area (Å²) >= 11 is 7.23. The number of halogens is 3. The number of likely N-dealkylation sites (tertiary alicyclic amines) is 1. The van der Waals surface area contributed by atoms with Crippen LogP contribution in [0.1, 0.15) is 82.7 Å². The summed E-state index contributed by atoms with van der Waals surface area (Å²) in [4.78, 5) is 63.4. The van der Waals surface area contributed by atoms with E-state index in [-0.39, 0.29) is 36.9 Å². The lowest BCUT2D eigenvalue weighted by Crippen LogP contribution is -2.57. The average Bonchev–Trinajstić information content (AvgIpc) is 4.01. The van der Waals surface area contributed by atoms with E-state index >= 15 is 0 Å². The fourth-order valence-corrected chi connectivity index (χ4v) is 10.0. The number of hydrogen-bond acceptors (Lipinski definition) is 11. The summed E-state index contributed by atoms with van der Waals surface area (Å²) in [5.41, 5.74) is 3.21. The molecule has 0 saturated carbocycles. The molecule has 19 heteroatoms. The van der Waals surface area contributed by atoms with Gasteiger partial charge < -0.3 is 35.0 Å². The normalized spacial score (nSPS) is 17.2. The van der Waals surface area contributed by atoms with Crippen molar-refractivity contribution in [2.75, 3.05) is 29.6 Å². The number of thiazole rings is 1. The molecule has 2 aliphatic heterocycles. The van der Waals surface area contributed by atoms with Gasteiger partial charge in [-0.2, -0.15) is 18.4 Å². The molecule has 3 heterocycles. The number of nitriles is 1. The van der Waals surface area contributed by atoms with Crippen LogP contribution in [0.15, 0.2) is 96.5 Å². The minimum absolute atomic E-state index is 0.00385. The zero-order valence-corrected chi connectivity index (χ0v) is 42.3. The molecule has 72 heavy (non-hydrogen) atoms. The number of benzene rings is 4. The van der Waals surface area contributed by atoms with E-state index in [2.05, 4.69) is 15.6 Å². The smallest absolute Gasteiger partial charge is 0.417 e. The third kappa shape index (κ3) is 11.9. The Bertz CT molecular complexity index is 2840. The Morgan fingerprint density at radius 2 is 1.56 bits per heavy atom. The Labute approximate surface area is 425 Å². The fourth-order valence-electron chi connectivity index (χ4n) is 8.68. The molecular formula is C53H56F3N7O7S2. The third-order valence-corrected chi connectivity index (χ3v) is 14.0. The van der Waals surface area contributed by atoms with E-state index in [1.807, 2.05) is 67.6 Å². The largest absolute Gasteiger partial charge is 0.494 e. The van der Waals surface area contributed by atoms with Crippen LogP contribution in [0.2, 0.25) is 0 Å². The van der Waals surface area contributed by atoms with Crippen molar-refractivity contribution < 1.29 is 46.9 Å². The number of aryl methyl sites for hydroxylation is 1. The number of rotatable bonds is 16. The van der Waals surface area contributed by atoms with Crippen LogP contribution >= 0.6 is 23.6 Å². The molecule has 2 aliphatic rings. The van der Waals surface area contributed by atoms with E-state index in [0.29, 0.717) is 37.3 Å². The second-order valence-corrected chi connectivity index (χ2v) is 20.5. The summed E-state index contributed by atoms with van der Waals surface area (Å²) in [6.45, 7) is 11.4. The summed E-state index contributed by atoms with van der Waals surface area (Å²) in [6.07, 6.45) is -4.47. The van der Waals surface area contributed by atoms with Gasteiger partial charge >= 0.3 is 12.3 Å². The summed E-state index contributed by atoms with van der Waals surface area (Å²) in [6, 6.07) is 25.3. The van der Waals surface area contributed by atoms with Gasteiger partial charge in [0.15, 0.2) is 5.11 Å². The first-order valence-electron chi connectivity index (χ1n) is 23.4. The van der Waals surface area contributed by atoms with Gasteiger partial charge in [-0.05, 0) is 122 Å². The average molecular weight is 1020 g/mol. The Hall–Kier alpha value is -6.88. The van der Waals surface area contributed by atoms with Gasteiger partial charge in [0.05, 0.1) is 58.3 Å². The number of amides is 4. The number of aliphatic hydroxyl groups is 1. The Morgan fingerprint density at radius 1 is 0.931 bits per heavy atom. The van der Waals surface area contributed by atoms with Crippen LogP contribution in [0, 0.1) is 23.7 Å². The summed E-state index contributed by atoms with van der Waals surface area (Å²) in [7, 11) is 0. The number of β-amino-alcohol motifs (C(OH)–C–C–N with tert-alkyl or cyclic N) is 1. The van der Waals surface area contributed by atoms with Crippen LogP contribution in [0.5, 0.6) is 5.75 Å². The number of aliphatic hydroxyl groups excluding tert-OH is 1. The lowest BCUT2D eigenvalue weighted by atomic mass is 9.85. The highest BCUT2D eigenvalue weighted by Crippen LogP contribution is 2.40. The van der Waals surface area contributed by atoms with E-state index in [4.69, 9.17) is 21.7 Å². The minimum Gasteiger partial charge on any atom is -0.494 e. The molecule has 0 spiro atoms. The highest BCUT2D eigenvalue weighted by molar-refractivity contribution is 7.81. The zero-order chi connectivity index (χ0) is 52.1. The molecule has 4 aromatic carbocycles. The van der Waals surface area contributed by atoms with Crippen LogP contribution in [0.3, 0.4) is 0 Å². The molecule has 0 radical (unpaired) electrons. The molecule has 14 nitrogen and oxygen atoms in total. The second-order valence-electron chi connectivity index (χ2n) is 19.3. The van der Waals surface area contributed by atoms with Gasteiger partial charge in [0, 0.05) is 25.2 Å². The molecule has 5 aromatic rings. The molecule has 0 bridgehead atoms. The highest BCUT2D eigenvalue weighted by Gasteiger charge is 2.51. The van der Waals surface area contributed by atoms with Gasteiger partial charge in [-0.1, -0.05) is 69.3 Å². The predicted molar refractivity (Wildman–Crippen MR) is 272 cm³/mol. The van der Waals surface area contributed by atoms with Crippen LogP contribution in [-0.2, 0) is 31.8 Å². The standard InChI is InChI=1S/C53H56F3N7O7S2/c1-32-44(72-31-59-32)36-12-10-33(11-13-36)29-58-46(65)43-27-40(64)30-61(43)47(66)45(51(2,3)4)60-49(68)70-25-9-7-8-24-69-41-22-17-35(18-23-41)34-14-19-38(20-15-34)63-50(71)62(48(67)52(63,5)6)39-21-16-37(28-57)42(26-39)53(54,55)56/h10-23,26,31,40,43,45,64H,7-9,24-25,27,29-30H2,1-6H3,(H,58,65)(H,60,68)/t40-,43+,45?/m1/s1. The van der Waals surface area contributed by atoms with E-state index in [0.717, 1.165) is 49.9 Å². The van der Waals surface area contributed by atoms with Crippen molar-refractivity contribution in [1.82, 2.24) is 20.5 Å². The Morgan fingerprint density at radius 3 is 2.17 bits per heavy atom. The van der Waals surface area contributed by atoms with Crippen LogP contribution in [-0.4, -0.2) is 87.4 Å². The van der Waals surface area contributed by atoms with Gasteiger partial charge in [-0.15, -0.1) is 11.3 Å². The number of thiocarbonyl (C=S) groups is 1. The maximum Gasteiger partial charge on any atom is 0.417 e. The summed E-state index contributed by atoms with van der Waals surface area (Å²) in [5.74, 6) is -0.742. The van der Waals surface area contributed by atoms with Crippen molar-refractivity contribution in [3.05, 3.63) is 119 Å². The molecular weight excluding hydrogens is 968 g/mol. The predicted octanol–water partition coefficient (Wildman–Crippen LogP) is 9.56. The maximum atomic E-state index is 14.0. The van der Waals surface area contributed by atoms with Crippen molar-refractivity contribution in [2.24, 2.45) is 5.41 Å². The van der Waals surface area contributed by atoms with Crippen molar-refractivity contribution in [3.8, 4) is 33.4 Å². The Kier molecular flexibility index (Phi) is 16.1. The van der Waals surface area contributed by atoms with Gasteiger partial charge in [0.25, 0.3) is 5.91 Å². The lowest BCUT2D eigenvalue weighted by molar-refractivity contribution is -0.142. The van der Waals surface area contributed by atoms with Crippen molar-refractivity contribution in [2.45, 2.75) is 104 Å². The van der Waals surface area contributed by atoms with Crippen molar-refractivity contribution in [3.63, 3.8) is 0 Å². The van der Waals surface area contributed by atoms with Crippen molar-refractivity contribution >= 4 is 63.9 Å². The lowest BCUT2D eigenvalue weighted by Gasteiger charge is -2.35. The first-order valence-corrected chi connectivity index (χ1v) is 24.7. The fraction of sp³-hybridized carbons (Fsp3) is 0.377. The second kappa shape index (κ2) is 21.9. The van der Waals surface area contributed by atoms with Gasteiger partial charge in [0.1, 0.15) is 23.4 Å². The quantitative estimate of drug-likeness (QED) is 0.0634. The molecule has 1 unspecified atom stereocenters. The number of unbranched alkanes of at least 4 members (excludes halogenated alkanes) is 2. The maximum absolute atomic E-state index is 14.0. The van der Waals surface area contributed by atoms with Gasteiger partial charge in [-0.3, -0.25) is 19.3 Å². The number of carbonyl (C=O) groups excluding carboxylic acids is 4. The molecule has 4 amide bonds. The number of carbonyl (C=O) groups is 4. The van der Waals surface area contributed by atoms with E-state index in [1.54, 1.807) is 74.6 Å². The minimum atomic E-state index is -4.80. The monoisotopic (exact) mass is 1020 g/mol. The first-order chi connectivity index (χ1) is 34.1. The van der Waals surface area contributed by atoms with Crippen molar-refractivity contribution in [1.29, 1.82) is 5.26 Å². The molecule has 7 rings (SSSR count). The highest BCUT2D eigenvalue weighted by atomic mass is 32.1. The van der Waals surface area contributed by atoms with Gasteiger partial charge in [-0.25, -0.2) is 9.78 Å². The number of anilines is 2. The number of nitrogens with zero attached hydrogens (tertiary/aromatic N) is 5. The van der Waals surface area contributed by atoms with Gasteiger partial charge in [0.2, 0.25) is 11.8 Å². The third-order valence-electron chi connectivity index (χ3n) is 12.6. The summed E-state index contributed by atoms with van der Waals surface area (Å²) < 4.78 is 52.7. The van der Waals surface area contributed by atoms with E-state index in [9.17, 15) is 42.7 Å². The first kappa shape index (κ1) is 52.9. The number of nitrogens with one attached hydrogen (secondary N) is 2. The van der Waals surface area contributed by atoms with Crippen LogP contribution in [0.4, 0.5) is 29.3 Å². The van der Waals surface area contributed by atoms with E-state index in [1.165, 1.54) is 11.0 Å². The van der Waals surface area contributed by atoms with Crippen LogP contribution in [0.25, 0.3) is 21.6 Å². The number of aromatic nitrogens is 1. The molecule has 3 N–H and O–H groups in total. The SMILES string of the molecule is Cc1ncsc1-c1ccc(CNC(=O)[C@@H]2C[C@@H](O)CN2C(=O)C(NC(=O)OCCCCCOc2ccc(-c3ccc(N4C(=S)N(c5ccc(C#N)c(C(F)(F)F)c5)C(=O)C4(C)C)cc3)cc2)C(C)(C)C)cc1. The summed E-state index contributed by atoms with van der Waals surface area (Å²) in [5, 5.41) is 25.4. The topological polar surface area (TPSA) is 177 Å². The molecule has 1 aromatic heterocycles. The number of ether oxygens (including phenoxy) is 2. The zero-order valence-electron chi connectivity index (χ0n) is 40.7. The number of alkyl halides is 3.